The molecule has 1 heterocycles. The van der Waals surface area contributed by atoms with Crippen LogP contribution < -0.4 is 5.32 Å². The quantitative estimate of drug-likeness (QED) is 0.651. The van der Waals surface area contributed by atoms with Crippen molar-refractivity contribution >= 4 is 18.0 Å². The number of rotatable bonds is 9. The first-order chi connectivity index (χ1) is 13.8. The Kier molecular flexibility index (Phi) is 8.92. The number of hydrogen-bond acceptors (Lipinski definition) is 5. The van der Waals surface area contributed by atoms with Gasteiger partial charge in [-0.25, -0.2) is 9.59 Å². The minimum absolute atomic E-state index is 0.0286. The number of nitrogens with zero attached hydrogens (tertiary/aromatic N) is 2. The lowest BCUT2D eigenvalue weighted by atomic mass is 10.1. The second kappa shape index (κ2) is 11.4. The predicted molar refractivity (Wildman–Crippen MR) is 108 cm³/mol. The summed E-state index contributed by atoms with van der Waals surface area (Å²) in [4.78, 5) is 39.9. The average molecular weight is 405 g/mol. The van der Waals surface area contributed by atoms with Crippen molar-refractivity contribution in [1.29, 1.82) is 0 Å². The maximum Gasteiger partial charge on any atom is 0.408 e. The van der Waals surface area contributed by atoms with Crippen LogP contribution >= 0.6 is 0 Å². The van der Waals surface area contributed by atoms with E-state index in [0.717, 1.165) is 25.2 Å². The van der Waals surface area contributed by atoms with Gasteiger partial charge in [0.25, 0.3) is 0 Å². The van der Waals surface area contributed by atoms with Crippen molar-refractivity contribution in [2.24, 2.45) is 5.92 Å². The molecule has 0 spiro atoms. The van der Waals surface area contributed by atoms with Crippen LogP contribution in [0.1, 0.15) is 32.3 Å². The summed E-state index contributed by atoms with van der Waals surface area (Å²) >= 11 is 0. The lowest BCUT2D eigenvalue weighted by molar-refractivity contribution is -0.140. The lowest BCUT2D eigenvalue weighted by Gasteiger charge is -2.35. The van der Waals surface area contributed by atoms with Gasteiger partial charge in [-0.2, -0.15) is 0 Å². The third kappa shape index (κ3) is 8.11. The van der Waals surface area contributed by atoms with E-state index in [1.807, 2.05) is 30.3 Å². The van der Waals surface area contributed by atoms with Crippen LogP contribution in [0.2, 0.25) is 0 Å². The second-order valence-corrected chi connectivity index (χ2v) is 7.71. The van der Waals surface area contributed by atoms with E-state index in [4.69, 9.17) is 4.74 Å². The van der Waals surface area contributed by atoms with E-state index in [1.165, 1.54) is 0 Å². The summed E-state index contributed by atoms with van der Waals surface area (Å²) in [6.45, 7) is 8.36. The van der Waals surface area contributed by atoms with E-state index in [-0.39, 0.29) is 25.4 Å². The molecule has 1 saturated heterocycles. The Balaban J connectivity index is 1.73. The fourth-order valence-electron chi connectivity index (χ4n) is 3.29. The number of hydrogen-bond donors (Lipinski definition) is 2. The molecule has 2 amide bonds. The zero-order chi connectivity index (χ0) is 21.2. The summed E-state index contributed by atoms with van der Waals surface area (Å²) in [7, 11) is 0. The standard InChI is InChI=1S/C21H31N3O5/c1-16(2)14-23-10-12-24(13-11-23)19(25)9-8-18(20(26)27)22-21(28)29-15-17-6-4-3-5-7-17/h3-7,16,18H,8-15H2,1-2H3,(H,22,28)(H,26,27)/t18-/m0/s1. The van der Waals surface area contributed by atoms with Crippen molar-refractivity contribution in [2.75, 3.05) is 32.7 Å². The zero-order valence-corrected chi connectivity index (χ0v) is 17.2. The number of alkyl carbamates (subject to hydrolysis) is 1. The molecule has 8 nitrogen and oxygen atoms in total. The minimum atomic E-state index is -1.18. The molecule has 1 aromatic rings. The van der Waals surface area contributed by atoms with Gasteiger partial charge in [0.05, 0.1) is 0 Å². The molecule has 0 bridgehead atoms. The Hall–Kier alpha value is -2.61. The van der Waals surface area contributed by atoms with Gasteiger partial charge in [-0.3, -0.25) is 9.69 Å². The van der Waals surface area contributed by atoms with Crippen molar-refractivity contribution in [3.05, 3.63) is 35.9 Å². The molecule has 160 valence electrons. The summed E-state index contributed by atoms with van der Waals surface area (Å²) < 4.78 is 5.06. The van der Waals surface area contributed by atoms with E-state index in [2.05, 4.69) is 24.1 Å². The summed E-state index contributed by atoms with van der Waals surface area (Å²) in [5.41, 5.74) is 0.807. The summed E-state index contributed by atoms with van der Waals surface area (Å²) in [6.07, 6.45) is -0.711. The van der Waals surface area contributed by atoms with Gasteiger partial charge in [0.15, 0.2) is 0 Å². The number of carboxylic acids is 1. The minimum Gasteiger partial charge on any atom is -0.480 e. The molecule has 1 atom stereocenters. The Labute approximate surface area is 171 Å². The molecule has 0 saturated carbocycles. The molecule has 1 aromatic carbocycles. The Morgan fingerprint density at radius 3 is 2.34 bits per heavy atom. The Morgan fingerprint density at radius 2 is 1.76 bits per heavy atom. The fraction of sp³-hybridized carbons (Fsp3) is 0.571. The van der Waals surface area contributed by atoms with Crippen LogP contribution in [0.4, 0.5) is 4.79 Å². The predicted octanol–water partition coefficient (Wildman–Crippen LogP) is 1.95. The summed E-state index contributed by atoms with van der Waals surface area (Å²) in [5, 5.41) is 11.7. The molecule has 29 heavy (non-hydrogen) atoms. The molecule has 1 fully saturated rings. The number of piperazine rings is 1. The lowest BCUT2D eigenvalue weighted by Crippen LogP contribution is -2.50. The van der Waals surface area contributed by atoms with Gasteiger partial charge in [0.2, 0.25) is 5.91 Å². The van der Waals surface area contributed by atoms with Crippen LogP contribution in [-0.2, 0) is 20.9 Å². The fourth-order valence-corrected chi connectivity index (χ4v) is 3.29. The third-order valence-corrected chi connectivity index (χ3v) is 4.80. The first-order valence-corrected chi connectivity index (χ1v) is 10.0. The van der Waals surface area contributed by atoms with Crippen LogP contribution in [0.15, 0.2) is 30.3 Å². The molecular weight excluding hydrogens is 374 g/mol. The van der Waals surface area contributed by atoms with E-state index in [9.17, 15) is 19.5 Å². The summed E-state index contributed by atoms with van der Waals surface area (Å²) in [5.74, 6) is -0.683. The molecule has 0 radical (unpaired) electrons. The Bertz CT molecular complexity index is 672. The van der Waals surface area contributed by atoms with Crippen LogP contribution in [0, 0.1) is 5.92 Å². The van der Waals surface area contributed by atoms with E-state index >= 15 is 0 Å². The number of carbonyl (C=O) groups excluding carboxylic acids is 2. The number of ether oxygens (including phenoxy) is 1. The summed E-state index contributed by atoms with van der Waals surface area (Å²) in [6, 6.07) is 7.95. The van der Waals surface area contributed by atoms with Crippen molar-refractivity contribution in [3.8, 4) is 0 Å². The van der Waals surface area contributed by atoms with Crippen LogP contribution in [0.25, 0.3) is 0 Å². The molecule has 1 aliphatic rings. The number of aliphatic carboxylic acids is 1. The largest absolute Gasteiger partial charge is 0.480 e. The SMILES string of the molecule is CC(C)CN1CCN(C(=O)CC[C@H](NC(=O)OCc2ccccc2)C(=O)O)CC1. The zero-order valence-electron chi connectivity index (χ0n) is 17.2. The second-order valence-electron chi connectivity index (χ2n) is 7.71. The van der Waals surface area contributed by atoms with Crippen molar-refractivity contribution in [2.45, 2.75) is 39.3 Å². The van der Waals surface area contributed by atoms with Crippen LogP contribution in [-0.4, -0.2) is 71.6 Å². The van der Waals surface area contributed by atoms with E-state index < -0.39 is 18.1 Å². The third-order valence-electron chi connectivity index (χ3n) is 4.80. The van der Waals surface area contributed by atoms with Gasteiger partial charge in [-0.05, 0) is 17.9 Å². The van der Waals surface area contributed by atoms with E-state index in [1.54, 1.807) is 4.90 Å². The monoisotopic (exact) mass is 405 g/mol. The normalized spacial score (nSPS) is 15.8. The highest BCUT2D eigenvalue weighted by atomic mass is 16.5. The van der Waals surface area contributed by atoms with Crippen molar-refractivity contribution in [1.82, 2.24) is 15.1 Å². The number of nitrogens with one attached hydrogen (secondary N) is 1. The number of carboxylic acid groups (broad SMARTS) is 1. The first-order valence-electron chi connectivity index (χ1n) is 10.0. The number of benzene rings is 1. The molecule has 1 aliphatic heterocycles. The van der Waals surface area contributed by atoms with Gasteiger partial charge < -0.3 is 20.1 Å². The molecule has 8 heteroatoms. The highest BCUT2D eigenvalue weighted by molar-refractivity contribution is 5.81. The van der Waals surface area contributed by atoms with Gasteiger partial charge in [-0.15, -0.1) is 0 Å². The van der Waals surface area contributed by atoms with Crippen LogP contribution in [0.3, 0.4) is 0 Å². The molecule has 2 rings (SSSR count). The highest BCUT2D eigenvalue weighted by Gasteiger charge is 2.25. The average Bonchev–Trinajstić information content (AvgIpc) is 2.70. The maximum absolute atomic E-state index is 12.4. The van der Waals surface area contributed by atoms with Gasteiger partial charge >= 0.3 is 12.1 Å². The molecular formula is C21H31N3O5. The maximum atomic E-state index is 12.4. The van der Waals surface area contributed by atoms with Crippen molar-refractivity contribution in [3.63, 3.8) is 0 Å². The van der Waals surface area contributed by atoms with Gasteiger partial charge in [-0.1, -0.05) is 44.2 Å². The number of amides is 2. The molecule has 0 aromatic heterocycles. The van der Waals surface area contributed by atoms with Gasteiger partial charge in [0.1, 0.15) is 12.6 Å². The topological polar surface area (TPSA) is 99.2 Å². The van der Waals surface area contributed by atoms with Gasteiger partial charge in [0, 0.05) is 39.1 Å². The van der Waals surface area contributed by atoms with E-state index in [0.29, 0.717) is 19.0 Å². The molecule has 2 N–H and O–H groups in total. The van der Waals surface area contributed by atoms with Crippen molar-refractivity contribution < 1.29 is 24.2 Å². The first kappa shape index (κ1) is 22.7. The number of carbonyl (C=O) groups is 3. The Morgan fingerprint density at radius 1 is 1.10 bits per heavy atom. The van der Waals surface area contributed by atoms with Crippen LogP contribution in [0.5, 0.6) is 0 Å². The molecule has 0 unspecified atom stereocenters. The highest BCUT2D eigenvalue weighted by Crippen LogP contribution is 2.09. The smallest absolute Gasteiger partial charge is 0.408 e. The molecule has 0 aliphatic carbocycles.